The van der Waals surface area contributed by atoms with Gasteiger partial charge in [-0.25, -0.2) is 14.6 Å². The molecule has 0 aromatic carbocycles. The van der Waals surface area contributed by atoms with Crippen molar-refractivity contribution in [2.45, 2.75) is 65.0 Å². The van der Waals surface area contributed by atoms with Gasteiger partial charge in [-0.15, -0.1) is 11.3 Å². The predicted octanol–water partition coefficient (Wildman–Crippen LogP) is 3.31. The third kappa shape index (κ3) is 9.18. The summed E-state index contributed by atoms with van der Waals surface area (Å²) in [4.78, 5) is 40.3. The van der Waals surface area contributed by atoms with Crippen molar-refractivity contribution in [3.63, 3.8) is 0 Å². The van der Waals surface area contributed by atoms with Crippen LogP contribution in [-0.4, -0.2) is 46.4 Å². The molecule has 0 aliphatic carbocycles. The highest BCUT2D eigenvalue weighted by Crippen LogP contribution is 2.26. The van der Waals surface area contributed by atoms with Crippen LogP contribution in [0.2, 0.25) is 0 Å². The second-order valence-corrected chi connectivity index (χ2v) is 9.10. The Morgan fingerprint density at radius 1 is 1.33 bits per heavy atom. The van der Waals surface area contributed by atoms with Crippen molar-refractivity contribution in [2.24, 2.45) is 0 Å². The van der Waals surface area contributed by atoms with E-state index in [4.69, 9.17) is 14.6 Å². The minimum atomic E-state index is -0.952. The molecular weight excluding hydrogens is 440 g/mol. The summed E-state index contributed by atoms with van der Waals surface area (Å²) < 4.78 is 10.9. The molecule has 10 heteroatoms. The number of carbonyl (C=O) groups excluding carboxylic acids is 2. The second kappa shape index (κ2) is 10.6. The number of alkyl carbamates (subject to hydrolysis) is 1. The van der Waals surface area contributed by atoms with E-state index in [0.29, 0.717) is 22.5 Å². The second-order valence-electron chi connectivity index (χ2n) is 6.74. The summed E-state index contributed by atoms with van der Waals surface area (Å²) in [5.41, 5.74) is -0.0824. The van der Waals surface area contributed by atoms with E-state index in [1.807, 2.05) is 0 Å². The maximum atomic E-state index is 12.3. The van der Waals surface area contributed by atoms with Crippen molar-refractivity contribution in [1.82, 2.24) is 10.3 Å². The van der Waals surface area contributed by atoms with E-state index in [9.17, 15) is 14.4 Å². The third-order valence-corrected chi connectivity index (χ3v) is 4.81. The van der Waals surface area contributed by atoms with E-state index in [-0.39, 0.29) is 19.4 Å². The summed E-state index contributed by atoms with van der Waals surface area (Å²) in [5.74, 6) is -1.44. The molecule has 152 valence electrons. The summed E-state index contributed by atoms with van der Waals surface area (Å²) >= 11 is 4.69. The molecule has 27 heavy (non-hydrogen) atoms. The number of aromatic nitrogens is 1. The van der Waals surface area contributed by atoms with Crippen molar-refractivity contribution in [3.05, 3.63) is 14.5 Å². The number of aryl methyl sites for hydroxylation is 1. The number of rotatable bonds is 9. The van der Waals surface area contributed by atoms with E-state index in [0.717, 1.165) is 4.88 Å². The molecule has 0 unspecified atom stereocenters. The molecule has 0 radical (unpaired) electrons. The zero-order valence-electron chi connectivity index (χ0n) is 15.8. The van der Waals surface area contributed by atoms with Crippen molar-refractivity contribution < 1.29 is 29.0 Å². The van der Waals surface area contributed by atoms with Gasteiger partial charge in [0.15, 0.2) is 3.92 Å². The number of aliphatic carboxylic acids is 1. The minimum Gasteiger partial charge on any atom is -0.481 e. The fourth-order valence-corrected chi connectivity index (χ4v) is 3.84. The summed E-state index contributed by atoms with van der Waals surface area (Å²) in [6.07, 6.45) is 0.435. The summed E-state index contributed by atoms with van der Waals surface area (Å²) in [6, 6.07) is -0.952. The van der Waals surface area contributed by atoms with Gasteiger partial charge in [-0.05, 0) is 56.5 Å². The van der Waals surface area contributed by atoms with Crippen LogP contribution in [0, 0.1) is 0 Å². The number of ether oxygens (including phenoxy) is 2. The van der Waals surface area contributed by atoms with Crippen LogP contribution in [-0.2, 0) is 31.9 Å². The van der Waals surface area contributed by atoms with Crippen LogP contribution in [0.15, 0.2) is 3.92 Å². The SMILES string of the molecule is CCOC(=O)[C@H](Cc1nc(Br)sc1CCCC(=O)O)NC(=O)OC(C)(C)C. The molecule has 1 heterocycles. The first-order chi connectivity index (χ1) is 12.5. The largest absolute Gasteiger partial charge is 0.481 e. The van der Waals surface area contributed by atoms with Gasteiger partial charge < -0.3 is 19.9 Å². The molecule has 1 aromatic heterocycles. The van der Waals surface area contributed by atoms with Crippen LogP contribution in [0.25, 0.3) is 0 Å². The molecule has 8 nitrogen and oxygen atoms in total. The van der Waals surface area contributed by atoms with E-state index >= 15 is 0 Å². The third-order valence-electron chi connectivity index (χ3n) is 3.21. The molecule has 1 aromatic rings. The maximum Gasteiger partial charge on any atom is 0.408 e. The number of hydrogen-bond acceptors (Lipinski definition) is 7. The zero-order valence-corrected chi connectivity index (χ0v) is 18.2. The van der Waals surface area contributed by atoms with Crippen LogP contribution >= 0.6 is 27.3 Å². The van der Waals surface area contributed by atoms with Gasteiger partial charge in [-0.2, -0.15) is 0 Å². The molecule has 0 saturated carbocycles. The molecule has 1 amide bonds. The molecular formula is C17H25BrN2O6S. The number of thiazole rings is 1. The number of carboxylic acid groups (broad SMARTS) is 1. The molecule has 1 rings (SSSR count). The van der Waals surface area contributed by atoms with Crippen molar-refractivity contribution in [3.8, 4) is 0 Å². The fraction of sp³-hybridized carbons (Fsp3) is 0.647. The molecule has 0 aliphatic heterocycles. The number of carbonyl (C=O) groups is 3. The van der Waals surface area contributed by atoms with E-state index < -0.39 is 29.7 Å². The first-order valence-electron chi connectivity index (χ1n) is 8.53. The van der Waals surface area contributed by atoms with Gasteiger partial charge in [-0.1, -0.05) is 0 Å². The molecule has 0 fully saturated rings. The lowest BCUT2D eigenvalue weighted by atomic mass is 10.1. The quantitative estimate of drug-likeness (QED) is 0.538. The van der Waals surface area contributed by atoms with Gasteiger partial charge in [0.2, 0.25) is 0 Å². The van der Waals surface area contributed by atoms with Crippen LogP contribution < -0.4 is 5.32 Å². The topological polar surface area (TPSA) is 115 Å². The normalized spacial score (nSPS) is 12.3. The number of hydrogen-bond donors (Lipinski definition) is 2. The molecule has 1 atom stereocenters. The average molecular weight is 465 g/mol. The van der Waals surface area contributed by atoms with E-state index in [1.165, 1.54) is 11.3 Å². The van der Waals surface area contributed by atoms with Crippen LogP contribution in [0.5, 0.6) is 0 Å². The molecule has 0 spiro atoms. The van der Waals surface area contributed by atoms with Gasteiger partial charge in [0, 0.05) is 17.7 Å². The van der Waals surface area contributed by atoms with Gasteiger partial charge in [0.25, 0.3) is 0 Å². The van der Waals surface area contributed by atoms with Gasteiger partial charge >= 0.3 is 18.0 Å². The zero-order chi connectivity index (χ0) is 20.6. The molecule has 2 N–H and O–H groups in total. The van der Waals surface area contributed by atoms with Gasteiger partial charge in [0.1, 0.15) is 11.6 Å². The lowest BCUT2D eigenvalue weighted by Crippen LogP contribution is -2.45. The van der Waals surface area contributed by atoms with Crippen LogP contribution in [0.1, 0.15) is 51.1 Å². The highest BCUT2D eigenvalue weighted by atomic mass is 79.9. The Bertz CT molecular complexity index is 671. The summed E-state index contributed by atoms with van der Waals surface area (Å²) in [5, 5.41) is 11.3. The smallest absolute Gasteiger partial charge is 0.408 e. The maximum absolute atomic E-state index is 12.3. The van der Waals surface area contributed by atoms with Gasteiger partial charge in [0.05, 0.1) is 12.3 Å². The Morgan fingerprint density at radius 2 is 2.00 bits per heavy atom. The summed E-state index contributed by atoms with van der Waals surface area (Å²) in [7, 11) is 0. The number of carboxylic acids is 1. The molecule has 0 bridgehead atoms. The molecule has 0 saturated heterocycles. The lowest BCUT2D eigenvalue weighted by Gasteiger charge is -2.22. The first kappa shape index (κ1) is 23.4. The number of amides is 1. The van der Waals surface area contributed by atoms with Gasteiger partial charge in [-0.3, -0.25) is 4.79 Å². The van der Waals surface area contributed by atoms with E-state index in [2.05, 4.69) is 26.2 Å². The Kier molecular flexibility index (Phi) is 9.17. The Labute approximate surface area is 170 Å². The highest BCUT2D eigenvalue weighted by molar-refractivity contribution is 9.11. The van der Waals surface area contributed by atoms with Crippen molar-refractivity contribution in [1.29, 1.82) is 0 Å². The van der Waals surface area contributed by atoms with E-state index in [1.54, 1.807) is 27.7 Å². The minimum absolute atomic E-state index is 0.0480. The number of halogens is 1. The van der Waals surface area contributed by atoms with Crippen molar-refractivity contribution >= 4 is 45.3 Å². The fourth-order valence-electron chi connectivity index (χ4n) is 2.19. The average Bonchev–Trinajstić information content (AvgIpc) is 2.84. The Balaban J connectivity index is 2.90. The highest BCUT2D eigenvalue weighted by Gasteiger charge is 2.27. The molecule has 0 aliphatic rings. The standard InChI is InChI=1S/C17H25BrN2O6S/c1-5-25-14(23)11(20-16(24)26-17(2,3)4)9-10-12(27-15(18)19-10)7-6-8-13(21)22/h11H,5-9H2,1-4H3,(H,20,24)(H,21,22)/t11-/m0/s1. The van der Waals surface area contributed by atoms with Crippen LogP contribution in [0.3, 0.4) is 0 Å². The monoisotopic (exact) mass is 464 g/mol. The summed E-state index contributed by atoms with van der Waals surface area (Å²) in [6.45, 7) is 7.04. The van der Waals surface area contributed by atoms with Crippen LogP contribution in [0.4, 0.5) is 4.79 Å². The lowest BCUT2D eigenvalue weighted by molar-refractivity contribution is -0.145. The Morgan fingerprint density at radius 3 is 2.56 bits per heavy atom. The Hall–Kier alpha value is -1.68. The number of nitrogens with zero attached hydrogens (tertiary/aromatic N) is 1. The first-order valence-corrected chi connectivity index (χ1v) is 10.1. The van der Waals surface area contributed by atoms with Crippen molar-refractivity contribution in [2.75, 3.05) is 6.61 Å². The predicted molar refractivity (Wildman–Crippen MR) is 104 cm³/mol. The number of esters is 1. The number of nitrogens with one attached hydrogen (secondary N) is 1.